The van der Waals surface area contributed by atoms with Crippen molar-refractivity contribution >= 4 is 36.2 Å². The minimum absolute atomic E-state index is 0.0420. The Kier molecular flexibility index (Phi) is 10.8. The average Bonchev–Trinajstić information content (AvgIpc) is 2.83. The summed E-state index contributed by atoms with van der Waals surface area (Å²) in [4.78, 5) is 41.1. The predicted molar refractivity (Wildman–Crippen MR) is 146 cm³/mol. The molecule has 2 rings (SSSR count). The van der Waals surface area contributed by atoms with E-state index in [9.17, 15) is 19.5 Å². The number of thiol groups is 1. The summed E-state index contributed by atoms with van der Waals surface area (Å²) in [6.45, 7) is 8.33. The van der Waals surface area contributed by atoms with E-state index in [0.717, 1.165) is 11.1 Å². The lowest BCUT2D eigenvalue weighted by Crippen LogP contribution is -2.54. The van der Waals surface area contributed by atoms with Gasteiger partial charge in [-0.15, -0.1) is 0 Å². The summed E-state index contributed by atoms with van der Waals surface area (Å²) < 4.78 is 10.5. The maximum absolute atomic E-state index is 13.7. The van der Waals surface area contributed by atoms with Crippen molar-refractivity contribution in [2.45, 2.75) is 52.3 Å². The lowest BCUT2D eigenvalue weighted by molar-refractivity contribution is -0.140. The van der Waals surface area contributed by atoms with Gasteiger partial charge in [-0.25, -0.2) is 4.79 Å². The van der Waals surface area contributed by atoms with Crippen LogP contribution in [0.15, 0.2) is 42.5 Å². The zero-order valence-corrected chi connectivity index (χ0v) is 23.1. The summed E-state index contributed by atoms with van der Waals surface area (Å²) in [5.41, 5.74) is 2.03. The quantitative estimate of drug-likeness (QED) is 0.348. The van der Waals surface area contributed by atoms with E-state index in [0.29, 0.717) is 17.0 Å². The number of benzene rings is 2. The first-order valence-corrected chi connectivity index (χ1v) is 12.6. The molecule has 0 aromatic heterocycles. The van der Waals surface area contributed by atoms with Gasteiger partial charge in [0, 0.05) is 18.0 Å². The molecule has 0 radical (unpaired) electrons. The van der Waals surface area contributed by atoms with Crippen LogP contribution in [-0.2, 0) is 14.3 Å². The van der Waals surface area contributed by atoms with Crippen molar-refractivity contribution in [3.63, 3.8) is 0 Å². The number of carbonyl (C=O) groups is 3. The highest BCUT2D eigenvalue weighted by Crippen LogP contribution is 2.28. The number of hydrogen-bond acceptors (Lipinski definition) is 7. The van der Waals surface area contributed by atoms with Crippen LogP contribution in [0.25, 0.3) is 0 Å². The number of alkyl carbamates (subject to hydrolysis) is 1. The van der Waals surface area contributed by atoms with Crippen LogP contribution in [0.5, 0.6) is 5.75 Å². The number of carbonyl (C=O) groups excluding carboxylic acids is 3. The lowest BCUT2D eigenvalue weighted by atomic mass is 9.96. The maximum atomic E-state index is 13.7. The van der Waals surface area contributed by atoms with Crippen LogP contribution in [-0.4, -0.2) is 65.6 Å². The summed E-state index contributed by atoms with van der Waals surface area (Å²) >= 11 is 4.25. The van der Waals surface area contributed by atoms with Gasteiger partial charge in [-0.1, -0.05) is 23.8 Å². The molecule has 9 nitrogen and oxygen atoms in total. The number of hydrogen-bond donors (Lipinski definition) is 4. The predicted octanol–water partition coefficient (Wildman–Crippen LogP) is 3.64. The summed E-state index contributed by atoms with van der Waals surface area (Å²) in [5, 5.41) is 15.3. The fourth-order valence-electron chi connectivity index (χ4n) is 3.70. The summed E-state index contributed by atoms with van der Waals surface area (Å²) in [6.07, 6.45) is -0.783. The molecule has 0 aliphatic rings. The van der Waals surface area contributed by atoms with Crippen LogP contribution in [0.4, 0.5) is 10.5 Å². The Hall–Kier alpha value is -3.24. The van der Waals surface area contributed by atoms with Crippen molar-refractivity contribution in [3.05, 3.63) is 59.2 Å². The first kappa shape index (κ1) is 30.0. The fourth-order valence-corrected chi connectivity index (χ4v) is 3.95. The molecular formula is C27H37N3O6S. The molecule has 2 atom stereocenters. The van der Waals surface area contributed by atoms with E-state index in [-0.39, 0.29) is 12.3 Å². The SMILES string of the molecule is COc1ccc(NC(=O)C(c2cc(C)ccc2C)N(CCO)C(=O)C(CS)NC(=O)OC(C)(C)C)cc1. The molecule has 0 heterocycles. The van der Waals surface area contributed by atoms with E-state index in [1.165, 1.54) is 4.90 Å². The standard InChI is InChI=1S/C27H37N3O6S/c1-17-7-8-18(2)21(15-17)23(24(32)28-19-9-11-20(35-6)12-10-19)30(13-14-31)25(33)22(16-37)29-26(34)36-27(3,4)5/h7-12,15,22-23,31,37H,13-14,16H2,1-6H3,(H,28,32)(H,29,34). The number of methoxy groups -OCH3 is 1. The van der Waals surface area contributed by atoms with Crippen molar-refractivity contribution < 1.29 is 29.0 Å². The van der Waals surface area contributed by atoms with Crippen LogP contribution in [0.2, 0.25) is 0 Å². The molecule has 2 aromatic rings. The summed E-state index contributed by atoms with van der Waals surface area (Å²) in [6, 6.07) is 10.2. The third-order valence-corrected chi connectivity index (χ3v) is 5.81. The van der Waals surface area contributed by atoms with Gasteiger partial charge in [0.05, 0.1) is 13.7 Å². The topological polar surface area (TPSA) is 117 Å². The molecule has 37 heavy (non-hydrogen) atoms. The van der Waals surface area contributed by atoms with Gasteiger partial charge in [0.1, 0.15) is 23.4 Å². The lowest BCUT2D eigenvalue weighted by Gasteiger charge is -2.34. The monoisotopic (exact) mass is 531 g/mol. The van der Waals surface area contributed by atoms with Crippen LogP contribution >= 0.6 is 12.6 Å². The molecule has 202 valence electrons. The van der Waals surface area contributed by atoms with Gasteiger partial charge in [-0.3, -0.25) is 9.59 Å². The fraction of sp³-hybridized carbons (Fsp3) is 0.444. The number of aliphatic hydroxyl groups is 1. The van der Waals surface area contributed by atoms with Gasteiger partial charge in [0.25, 0.3) is 5.91 Å². The molecule has 0 aliphatic heterocycles. The van der Waals surface area contributed by atoms with Gasteiger partial charge in [0.15, 0.2) is 0 Å². The molecule has 0 bridgehead atoms. The molecule has 3 amide bonds. The highest BCUT2D eigenvalue weighted by molar-refractivity contribution is 7.80. The van der Waals surface area contributed by atoms with Crippen molar-refractivity contribution in [2.24, 2.45) is 0 Å². The van der Waals surface area contributed by atoms with E-state index in [1.54, 1.807) is 52.1 Å². The Morgan fingerprint density at radius 1 is 1.08 bits per heavy atom. The first-order valence-electron chi connectivity index (χ1n) is 11.9. The molecule has 10 heteroatoms. The maximum Gasteiger partial charge on any atom is 0.408 e. The second-order valence-electron chi connectivity index (χ2n) is 9.62. The van der Waals surface area contributed by atoms with Crippen LogP contribution in [0.1, 0.15) is 43.5 Å². The number of aliphatic hydroxyl groups excluding tert-OH is 1. The molecule has 0 aliphatic carbocycles. The van der Waals surface area contributed by atoms with Crippen molar-refractivity contribution in [2.75, 3.05) is 31.3 Å². The normalized spacial score (nSPS) is 12.8. The van der Waals surface area contributed by atoms with Crippen LogP contribution in [0.3, 0.4) is 0 Å². The molecule has 2 unspecified atom stereocenters. The number of ether oxygens (including phenoxy) is 2. The second kappa shape index (κ2) is 13.3. The van der Waals surface area contributed by atoms with Crippen molar-refractivity contribution in [1.29, 1.82) is 0 Å². The summed E-state index contributed by atoms with van der Waals surface area (Å²) in [5.74, 6) is -0.466. The highest BCUT2D eigenvalue weighted by Gasteiger charge is 2.36. The Morgan fingerprint density at radius 3 is 2.27 bits per heavy atom. The van der Waals surface area contributed by atoms with E-state index < -0.39 is 42.2 Å². The van der Waals surface area contributed by atoms with Gasteiger partial charge in [-0.05, 0) is 70.0 Å². The molecule has 2 aromatic carbocycles. The molecule has 0 saturated carbocycles. The minimum Gasteiger partial charge on any atom is -0.497 e. The number of nitrogens with zero attached hydrogens (tertiary/aromatic N) is 1. The van der Waals surface area contributed by atoms with Gasteiger partial charge in [0.2, 0.25) is 5.91 Å². The smallest absolute Gasteiger partial charge is 0.408 e. The van der Waals surface area contributed by atoms with Gasteiger partial charge >= 0.3 is 6.09 Å². The first-order chi connectivity index (χ1) is 17.4. The Bertz CT molecular complexity index is 1080. The van der Waals surface area contributed by atoms with E-state index in [1.807, 2.05) is 32.0 Å². The van der Waals surface area contributed by atoms with Gasteiger partial charge in [-0.2, -0.15) is 12.6 Å². The average molecular weight is 532 g/mol. The Balaban J connectivity index is 2.48. The molecule has 0 fully saturated rings. The Morgan fingerprint density at radius 2 is 1.73 bits per heavy atom. The number of anilines is 1. The molecule has 0 saturated heterocycles. The number of aryl methyl sites for hydroxylation is 2. The third kappa shape index (κ3) is 8.68. The number of nitrogens with one attached hydrogen (secondary N) is 2. The minimum atomic E-state index is -1.09. The van der Waals surface area contributed by atoms with Crippen LogP contribution < -0.4 is 15.4 Å². The third-order valence-electron chi connectivity index (χ3n) is 5.44. The largest absolute Gasteiger partial charge is 0.497 e. The zero-order valence-electron chi connectivity index (χ0n) is 22.2. The summed E-state index contributed by atoms with van der Waals surface area (Å²) in [7, 11) is 1.55. The Labute approximate surface area is 223 Å². The van der Waals surface area contributed by atoms with Gasteiger partial charge < -0.3 is 30.1 Å². The van der Waals surface area contributed by atoms with Crippen LogP contribution in [0, 0.1) is 13.8 Å². The van der Waals surface area contributed by atoms with Crippen molar-refractivity contribution in [1.82, 2.24) is 10.2 Å². The van der Waals surface area contributed by atoms with Crippen molar-refractivity contribution in [3.8, 4) is 5.75 Å². The molecular weight excluding hydrogens is 494 g/mol. The molecule has 3 N–H and O–H groups in total. The van der Waals surface area contributed by atoms with E-state index >= 15 is 0 Å². The van der Waals surface area contributed by atoms with E-state index in [4.69, 9.17) is 9.47 Å². The zero-order chi connectivity index (χ0) is 27.8. The second-order valence-corrected chi connectivity index (χ2v) is 9.98. The van der Waals surface area contributed by atoms with E-state index in [2.05, 4.69) is 23.3 Å². The number of amides is 3. The highest BCUT2D eigenvalue weighted by atomic mass is 32.1. The number of rotatable bonds is 10. The molecule has 0 spiro atoms.